The summed E-state index contributed by atoms with van der Waals surface area (Å²) in [4.78, 5) is 24.9. The van der Waals surface area contributed by atoms with E-state index in [1.807, 2.05) is 0 Å². The van der Waals surface area contributed by atoms with Crippen LogP contribution in [0, 0.1) is 0 Å². The Hall–Kier alpha value is -1.75. The molecular weight excluding hydrogens is 256 g/mol. The Morgan fingerprint density at radius 1 is 1.50 bits per heavy atom. The van der Waals surface area contributed by atoms with Gasteiger partial charge in [-0.2, -0.15) is 0 Å². The van der Waals surface area contributed by atoms with Crippen molar-refractivity contribution in [2.75, 3.05) is 24.4 Å². The van der Waals surface area contributed by atoms with Crippen molar-refractivity contribution in [3.8, 4) is 5.75 Å². The van der Waals surface area contributed by atoms with Crippen molar-refractivity contribution in [1.29, 1.82) is 0 Å². The second kappa shape index (κ2) is 5.27. The molecule has 1 aliphatic heterocycles. The normalized spacial score (nSPS) is 17.7. The first kappa shape index (κ1) is 12.7. The van der Waals surface area contributed by atoms with Crippen LogP contribution in [0.25, 0.3) is 0 Å². The average Bonchev–Trinajstić information content (AvgIpc) is 2.44. The van der Waals surface area contributed by atoms with Crippen LogP contribution in [0.2, 0.25) is 0 Å². The zero-order valence-corrected chi connectivity index (χ0v) is 10.6. The number of nitrogens with one attached hydrogen (secondary N) is 1. The van der Waals surface area contributed by atoms with Crippen molar-refractivity contribution < 1.29 is 14.3 Å². The lowest BCUT2D eigenvalue weighted by atomic mass is 10.2. The van der Waals surface area contributed by atoms with Crippen LogP contribution >= 0.6 is 11.6 Å². The molecule has 0 bridgehead atoms. The zero-order chi connectivity index (χ0) is 13.1. The highest BCUT2D eigenvalue weighted by Crippen LogP contribution is 2.33. The number of hydrogen-bond acceptors (Lipinski definition) is 3. The number of fused-ring (bicyclic) bond motifs is 1. The molecule has 1 atom stereocenters. The summed E-state index contributed by atoms with van der Waals surface area (Å²) in [6.45, 7) is 0.169. The number of halogens is 1. The van der Waals surface area contributed by atoms with E-state index >= 15 is 0 Å². The largest absolute Gasteiger partial charge is 0.477 e. The third kappa shape index (κ3) is 2.26. The number of carbonyl (C=O) groups excluding carboxylic acids is 2. The van der Waals surface area contributed by atoms with Crippen molar-refractivity contribution in [2.45, 2.75) is 6.10 Å². The van der Waals surface area contributed by atoms with E-state index in [-0.39, 0.29) is 24.2 Å². The lowest BCUT2D eigenvalue weighted by Gasteiger charge is -2.33. The number of carbonyl (C=O) groups is 2. The molecule has 1 aliphatic rings. The summed E-state index contributed by atoms with van der Waals surface area (Å²) in [7, 11) is 1.53. The number of rotatable bonds is 2. The molecule has 1 heterocycles. The molecule has 2 amide bonds. The Bertz CT molecular complexity index is 478. The molecule has 2 rings (SSSR count). The van der Waals surface area contributed by atoms with Crippen LogP contribution in [0.15, 0.2) is 24.3 Å². The highest BCUT2D eigenvalue weighted by molar-refractivity contribution is 6.29. The fourth-order valence-electron chi connectivity index (χ4n) is 1.84. The van der Waals surface area contributed by atoms with Crippen molar-refractivity contribution in [2.24, 2.45) is 0 Å². The van der Waals surface area contributed by atoms with Gasteiger partial charge in [0.05, 0.1) is 12.2 Å². The second-order valence-corrected chi connectivity index (χ2v) is 4.09. The topological polar surface area (TPSA) is 58.6 Å². The molecule has 96 valence electrons. The van der Waals surface area contributed by atoms with Gasteiger partial charge in [0.25, 0.3) is 5.91 Å². The standard InChI is InChI=1S/C12H13ClN2O3/c1-14-12(17)10-7-15(11(16)6-13)8-4-2-3-5-9(8)18-10/h2-5,10H,6-7H2,1H3,(H,14,17)/t10-/m0/s1. The third-order valence-corrected chi connectivity index (χ3v) is 2.96. The maximum Gasteiger partial charge on any atom is 0.262 e. The molecule has 1 aromatic rings. The minimum Gasteiger partial charge on any atom is -0.477 e. The SMILES string of the molecule is CNC(=O)[C@@H]1CN(C(=O)CCl)c2ccccc2O1. The minimum atomic E-state index is -0.711. The van der Waals surface area contributed by atoms with Gasteiger partial charge in [-0.1, -0.05) is 12.1 Å². The minimum absolute atomic E-state index is 0.130. The van der Waals surface area contributed by atoms with Gasteiger partial charge >= 0.3 is 0 Å². The summed E-state index contributed by atoms with van der Waals surface area (Å²) in [6.07, 6.45) is -0.711. The fourth-order valence-corrected chi connectivity index (χ4v) is 1.98. The van der Waals surface area contributed by atoms with Crippen molar-refractivity contribution in [3.63, 3.8) is 0 Å². The number of benzene rings is 1. The number of para-hydroxylation sites is 2. The number of nitrogens with zero attached hydrogens (tertiary/aromatic N) is 1. The van der Waals surface area contributed by atoms with E-state index in [4.69, 9.17) is 16.3 Å². The zero-order valence-electron chi connectivity index (χ0n) is 9.85. The molecule has 0 spiro atoms. The monoisotopic (exact) mass is 268 g/mol. The predicted molar refractivity (Wildman–Crippen MR) is 68.0 cm³/mol. The van der Waals surface area contributed by atoms with E-state index in [2.05, 4.69) is 5.32 Å². The van der Waals surface area contributed by atoms with Gasteiger partial charge in [0, 0.05) is 7.05 Å². The first-order valence-electron chi connectivity index (χ1n) is 5.51. The van der Waals surface area contributed by atoms with E-state index in [0.717, 1.165) is 0 Å². The van der Waals surface area contributed by atoms with E-state index in [9.17, 15) is 9.59 Å². The van der Waals surface area contributed by atoms with Crippen LogP contribution in [0.5, 0.6) is 5.75 Å². The summed E-state index contributed by atoms with van der Waals surface area (Å²) < 4.78 is 5.56. The molecule has 0 radical (unpaired) electrons. The van der Waals surface area contributed by atoms with Crippen LogP contribution in [0.4, 0.5) is 5.69 Å². The third-order valence-electron chi connectivity index (χ3n) is 2.73. The number of likely N-dealkylation sites (N-methyl/N-ethyl adjacent to an activating group) is 1. The molecule has 0 saturated carbocycles. The van der Waals surface area contributed by atoms with E-state index in [1.54, 1.807) is 24.3 Å². The summed E-state index contributed by atoms with van der Waals surface area (Å²) in [5, 5.41) is 2.51. The molecule has 18 heavy (non-hydrogen) atoms. The van der Waals surface area contributed by atoms with E-state index in [1.165, 1.54) is 11.9 Å². The first-order valence-corrected chi connectivity index (χ1v) is 6.04. The van der Waals surface area contributed by atoms with Gasteiger partial charge in [-0.25, -0.2) is 0 Å². The van der Waals surface area contributed by atoms with Gasteiger partial charge in [-0.15, -0.1) is 11.6 Å². The molecule has 1 N–H and O–H groups in total. The van der Waals surface area contributed by atoms with Gasteiger partial charge in [0.1, 0.15) is 11.6 Å². The number of anilines is 1. The smallest absolute Gasteiger partial charge is 0.262 e. The van der Waals surface area contributed by atoms with E-state index < -0.39 is 6.10 Å². The molecule has 0 aliphatic carbocycles. The molecule has 0 fully saturated rings. The van der Waals surface area contributed by atoms with Crippen LogP contribution in [-0.4, -0.2) is 37.4 Å². The lowest BCUT2D eigenvalue weighted by molar-refractivity contribution is -0.127. The predicted octanol–water partition coefficient (Wildman–Crippen LogP) is 0.765. The quantitative estimate of drug-likeness (QED) is 0.806. The molecule has 0 saturated heterocycles. The summed E-state index contributed by atoms with van der Waals surface area (Å²) in [5.74, 6) is -0.136. The van der Waals surface area contributed by atoms with Gasteiger partial charge < -0.3 is 15.0 Å². The van der Waals surface area contributed by atoms with Crippen molar-refractivity contribution in [1.82, 2.24) is 5.32 Å². The molecular formula is C12H13ClN2O3. The highest BCUT2D eigenvalue weighted by Gasteiger charge is 2.32. The summed E-state index contributed by atoms with van der Waals surface area (Å²) >= 11 is 5.58. The molecule has 6 heteroatoms. The number of hydrogen-bond donors (Lipinski definition) is 1. The van der Waals surface area contributed by atoms with Crippen molar-refractivity contribution in [3.05, 3.63) is 24.3 Å². The second-order valence-electron chi connectivity index (χ2n) is 3.83. The van der Waals surface area contributed by atoms with Gasteiger partial charge in [-0.05, 0) is 12.1 Å². The molecule has 0 unspecified atom stereocenters. The van der Waals surface area contributed by atoms with Gasteiger partial charge in [0.2, 0.25) is 5.91 Å². The van der Waals surface area contributed by atoms with Crippen LogP contribution in [0.1, 0.15) is 0 Å². The Kier molecular flexibility index (Phi) is 3.72. The molecule has 5 nitrogen and oxygen atoms in total. The van der Waals surface area contributed by atoms with Gasteiger partial charge in [0.15, 0.2) is 6.10 Å². The van der Waals surface area contributed by atoms with Gasteiger partial charge in [-0.3, -0.25) is 9.59 Å². The number of ether oxygens (including phenoxy) is 1. The molecule has 0 aromatic heterocycles. The Labute approximate surface area is 110 Å². The Morgan fingerprint density at radius 3 is 2.89 bits per heavy atom. The molecule has 1 aromatic carbocycles. The number of alkyl halides is 1. The highest BCUT2D eigenvalue weighted by atomic mass is 35.5. The van der Waals surface area contributed by atoms with Crippen LogP contribution in [0.3, 0.4) is 0 Å². The van der Waals surface area contributed by atoms with Crippen LogP contribution in [-0.2, 0) is 9.59 Å². The fraction of sp³-hybridized carbons (Fsp3) is 0.333. The number of amides is 2. The maximum atomic E-state index is 11.8. The summed E-state index contributed by atoms with van der Waals surface area (Å²) in [6, 6.07) is 7.07. The Balaban J connectivity index is 2.35. The lowest BCUT2D eigenvalue weighted by Crippen LogP contribution is -2.50. The summed E-state index contributed by atoms with van der Waals surface area (Å²) in [5.41, 5.74) is 0.642. The average molecular weight is 269 g/mol. The van der Waals surface area contributed by atoms with Crippen molar-refractivity contribution >= 4 is 29.1 Å². The maximum absolute atomic E-state index is 11.8. The van der Waals surface area contributed by atoms with Crippen LogP contribution < -0.4 is 15.0 Å². The Morgan fingerprint density at radius 2 is 2.22 bits per heavy atom. The van der Waals surface area contributed by atoms with E-state index in [0.29, 0.717) is 11.4 Å². The first-order chi connectivity index (χ1) is 8.67.